The Morgan fingerprint density at radius 1 is 0.500 bits per heavy atom. The van der Waals surface area contributed by atoms with Crippen molar-refractivity contribution in [3.8, 4) is 0 Å². The monoisotopic (exact) mass is 536 g/mol. The van der Waals surface area contributed by atoms with Gasteiger partial charge in [0.2, 0.25) is 0 Å². The fourth-order valence-electron chi connectivity index (χ4n) is 0. The van der Waals surface area contributed by atoms with E-state index in [1.807, 2.05) is 0 Å². The fourth-order valence-corrected chi connectivity index (χ4v) is 0. The molecule has 0 aromatic heterocycles. The smallest absolute Gasteiger partial charge is 0 e. The van der Waals surface area contributed by atoms with Crippen LogP contribution in [0.15, 0.2) is 0 Å². The van der Waals surface area contributed by atoms with Gasteiger partial charge in [-0.2, -0.15) is 0 Å². The Kier molecular flexibility index (Phi) is 93.2. The predicted octanol–water partition coefficient (Wildman–Crippen LogP) is -0.00250. The van der Waals surface area contributed by atoms with E-state index in [9.17, 15) is 0 Å². The van der Waals surface area contributed by atoms with Gasteiger partial charge in [0.1, 0.15) is 0 Å². The van der Waals surface area contributed by atoms with Gasteiger partial charge in [-0.1, -0.05) is 0 Å². The first-order chi connectivity index (χ1) is 0. The Morgan fingerprint density at radius 3 is 0.500 bits per heavy atom. The van der Waals surface area contributed by atoms with Crippen molar-refractivity contribution in [2.24, 2.45) is 0 Å². The molecule has 0 aliphatic carbocycles. The van der Waals surface area contributed by atoms with Crippen LogP contribution in [0, 0.1) is 116 Å². The maximum atomic E-state index is 0. The summed E-state index contributed by atoms with van der Waals surface area (Å²) in [6.07, 6.45) is 0. The summed E-state index contributed by atoms with van der Waals surface area (Å²) in [4.78, 5) is 0. The molecule has 0 spiro atoms. The summed E-state index contributed by atoms with van der Waals surface area (Å²) in [5.74, 6) is 0. The van der Waals surface area contributed by atoms with Crippen molar-refractivity contribution in [2.75, 3.05) is 0 Å². The van der Waals surface area contributed by atoms with Crippen LogP contribution in [0.4, 0.5) is 0 Å². The Morgan fingerprint density at radius 2 is 0.500 bits per heavy atom. The molecule has 0 nitrogen and oxygen atoms in total. The van der Waals surface area contributed by atoms with Crippen LogP contribution in [0.25, 0.3) is 0 Å². The molecule has 36 valence electrons. The van der Waals surface area contributed by atoms with E-state index in [4.69, 9.17) is 0 Å². The maximum absolute atomic E-state index is 0. The SMILES string of the molecule is [Co].[Tb].[Tb].[Tb]. The first-order valence-corrected chi connectivity index (χ1v) is 0. The van der Waals surface area contributed by atoms with Gasteiger partial charge in [-0.05, 0) is 0 Å². The molecule has 4 radical (unpaired) electrons. The molecular formula is CoTb3. The largest absolute Gasteiger partial charge is 0 e. The van der Waals surface area contributed by atoms with E-state index in [1.54, 1.807) is 0 Å². The van der Waals surface area contributed by atoms with Gasteiger partial charge in [0.25, 0.3) is 0 Å². The molecule has 0 N–H and O–H groups in total. The fraction of sp³-hybridized carbons (Fsp3) is 0. The zero-order valence-corrected chi connectivity index (χ0v) is 8.79. The second-order valence-corrected chi connectivity index (χ2v) is 0. The van der Waals surface area contributed by atoms with Crippen molar-refractivity contribution in [3.05, 3.63) is 0 Å². The normalized spacial score (nSPS) is 0. The van der Waals surface area contributed by atoms with E-state index in [-0.39, 0.29) is 133 Å². The quantitative estimate of drug-likeness (QED) is 0.410. The van der Waals surface area contributed by atoms with Crippen molar-refractivity contribution in [1.82, 2.24) is 0 Å². The number of hydrogen-bond donors (Lipinski definition) is 0. The van der Waals surface area contributed by atoms with Gasteiger partial charge < -0.3 is 0 Å². The average molecular weight is 536 g/mol. The van der Waals surface area contributed by atoms with E-state index in [2.05, 4.69) is 0 Å². The molecule has 4 heavy (non-hydrogen) atoms. The van der Waals surface area contributed by atoms with Crippen LogP contribution < -0.4 is 0 Å². The summed E-state index contributed by atoms with van der Waals surface area (Å²) in [5.41, 5.74) is 0. The van der Waals surface area contributed by atoms with Gasteiger partial charge in [-0.25, -0.2) is 0 Å². The third kappa shape index (κ3) is 9.61. The molecule has 0 rings (SSSR count). The van der Waals surface area contributed by atoms with Crippen LogP contribution in [0.5, 0.6) is 0 Å². The minimum Gasteiger partial charge on any atom is 0 e. The summed E-state index contributed by atoms with van der Waals surface area (Å²) >= 11 is 0. The van der Waals surface area contributed by atoms with Crippen molar-refractivity contribution < 1.29 is 133 Å². The Balaban J connectivity index is 0. The Bertz CT molecular complexity index is 3.25. The number of hydrogen-bond acceptors (Lipinski definition) is 0. The summed E-state index contributed by atoms with van der Waals surface area (Å²) in [5, 5.41) is 0. The van der Waals surface area contributed by atoms with Gasteiger partial charge >= 0.3 is 0 Å². The second-order valence-electron chi connectivity index (χ2n) is 0. The summed E-state index contributed by atoms with van der Waals surface area (Å²) in [6.45, 7) is 0. The minimum absolute atomic E-state index is 0. The molecule has 0 saturated carbocycles. The van der Waals surface area contributed by atoms with Gasteiger partial charge in [0.05, 0.1) is 0 Å². The second kappa shape index (κ2) is 15.7. The molecule has 0 saturated heterocycles. The van der Waals surface area contributed by atoms with E-state index in [0.717, 1.165) is 0 Å². The van der Waals surface area contributed by atoms with Crippen molar-refractivity contribution in [2.45, 2.75) is 0 Å². The number of rotatable bonds is 0. The molecule has 0 aliphatic rings. The first kappa shape index (κ1) is 23.8. The van der Waals surface area contributed by atoms with Gasteiger partial charge in [0, 0.05) is 133 Å². The van der Waals surface area contributed by atoms with Gasteiger partial charge in [-0.3, -0.25) is 0 Å². The van der Waals surface area contributed by atoms with Crippen LogP contribution in [0.3, 0.4) is 0 Å². The molecule has 0 unspecified atom stereocenters. The average Bonchev–Trinajstić information content (AvgIpc) is 0. The summed E-state index contributed by atoms with van der Waals surface area (Å²) < 4.78 is 0. The predicted molar refractivity (Wildman–Crippen MR) is 0 cm³/mol. The van der Waals surface area contributed by atoms with Crippen LogP contribution in [0.1, 0.15) is 0 Å². The zero-order valence-electron chi connectivity index (χ0n) is 1.33. The summed E-state index contributed by atoms with van der Waals surface area (Å²) in [7, 11) is 0. The van der Waals surface area contributed by atoms with Crippen molar-refractivity contribution >= 4 is 0 Å². The topological polar surface area (TPSA) is 0 Å². The van der Waals surface area contributed by atoms with E-state index in [1.165, 1.54) is 0 Å². The standard InChI is InChI=1S/Co.3Tb. The molecule has 0 aliphatic heterocycles. The van der Waals surface area contributed by atoms with E-state index in [0.29, 0.717) is 0 Å². The van der Waals surface area contributed by atoms with Crippen LogP contribution in [-0.2, 0) is 16.8 Å². The van der Waals surface area contributed by atoms with E-state index < -0.39 is 0 Å². The van der Waals surface area contributed by atoms with Crippen molar-refractivity contribution in [1.29, 1.82) is 0 Å². The van der Waals surface area contributed by atoms with Gasteiger partial charge in [-0.15, -0.1) is 0 Å². The van der Waals surface area contributed by atoms with Crippen LogP contribution in [-0.4, -0.2) is 0 Å². The maximum Gasteiger partial charge on any atom is 0 e. The molecule has 0 amide bonds. The zero-order chi connectivity index (χ0) is 0. The Hall–Kier alpha value is 4.36. The third-order valence-corrected chi connectivity index (χ3v) is 0. The Labute approximate surface area is 128 Å². The first-order valence-electron chi connectivity index (χ1n) is 0. The van der Waals surface area contributed by atoms with Gasteiger partial charge in [0.15, 0.2) is 0 Å². The molecular weight excluding hydrogens is 536 g/mol. The molecule has 0 heterocycles. The molecule has 0 bridgehead atoms. The molecule has 0 fully saturated rings. The van der Waals surface area contributed by atoms with Crippen LogP contribution in [0.2, 0.25) is 0 Å². The molecule has 4 heteroatoms. The third-order valence-electron chi connectivity index (χ3n) is 0. The molecule has 0 atom stereocenters. The molecule has 0 aromatic carbocycles. The minimum atomic E-state index is 0. The molecule has 0 aromatic rings. The van der Waals surface area contributed by atoms with Crippen molar-refractivity contribution in [3.63, 3.8) is 0 Å². The summed E-state index contributed by atoms with van der Waals surface area (Å²) in [6, 6.07) is 0. The van der Waals surface area contributed by atoms with E-state index >= 15 is 0 Å². The van der Waals surface area contributed by atoms with Crippen LogP contribution >= 0.6 is 0 Å².